The lowest BCUT2D eigenvalue weighted by molar-refractivity contribution is 0.641. The second kappa shape index (κ2) is 5.97. The summed E-state index contributed by atoms with van der Waals surface area (Å²) in [5.41, 5.74) is 2.64. The Balaban J connectivity index is 2.34. The fraction of sp³-hybridized carbons (Fsp3) is 0.333. The lowest BCUT2D eigenvalue weighted by atomic mass is 10.1. The van der Waals surface area contributed by atoms with Gasteiger partial charge in [-0.3, -0.25) is 0 Å². The number of hydrogen-bond acceptors (Lipinski definition) is 3. The van der Waals surface area contributed by atoms with Crippen LogP contribution >= 0.6 is 54.5 Å². The molecule has 2 aromatic rings. The summed E-state index contributed by atoms with van der Waals surface area (Å²) in [6.45, 7) is 5.24. The maximum absolute atomic E-state index is 3.60. The third-order valence-electron chi connectivity index (χ3n) is 2.49. The molecule has 0 bridgehead atoms. The maximum atomic E-state index is 3.60. The molecule has 2 heterocycles. The van der Waals surface area contributed by atoms with E-state index in [1.807, 2.05) is 11.3 Å². The number of rotatable bonds is 4. The zero-order chi connectivity index (χ0) is 12.4. The van der Waals surface area contributed by atoms with Crippen LogP contribution < -0.4 is 5.32 Å². The first kappa shape index (κ1) is 13.7. The summed E-state index contributed by atoms with van der Waals surface area (Å²) >= 11 is 10.7. The molecule has 1 nitrogen and oxygen atoms in total. The number of thiophene rings is 2. The summed E-state index contributed by atoms with van der Waals surface area (Å²) < 4.78 is 2.41. The molecule has 1 unspecified atom stereocenters. The quantitative estimate of drug-likeness (QED) is 0.737. The van der Waals surface area contributed by atoms with E-state index in [9.17, 15) is 0 Å². The first-order valence-electron chi connectivity index (χ1n) is 5.35. The Morgan fingerprint density at radius 1 is 1.35 bits per heavy atom. The molecule has 5 heteroatoms. The van der Waals surface area contributed by atoms with Crippen molar-refractivity contribution in [3.05, 3.63) is 41.1 Å². The van der Waals surface area contributed by atoms with Crippen LogP contribution in [0.2, 0.25) is 0 Å². The van der Waals surface area contributed by atoms with Crippen molar-refractivity contribution in [3.63, 3.8) is 0 Å². The minimum Gasteiger partial charge on any atom is -0.306 e. The molecule has 0 amide bonds. The molecule has 1 atom stereocenters. The van der Waals surface area contributed by atoms with E-state index in [-0.39, 0.29) is 0 Å². The Kier molecular flexibility index (Phi) is 4.83. The van der Waals surface area contributed by atoms with Gasteiger partial charge in [0.2, 0.25) is 0 Å². The second-order valence-corrected chi connectivity index (χ2v) is 8.47. The molecule has 2 aromatic heterocycles. The molecule has 0 spiro atoms. The Morgan fingerprint density at radius 3 is 2.59 bits per heavy atom. The van der Waals surface area contributed by atoms with Crippen molar-refractivity contribution in [1.29, 1.82) is 0 Å². The molecular formula is C12H13Br2NS2. The fourth-order valence-corrected chi connectivity index (χ4v) is 4.56. The molecule has 0 saturated carbocycles. The Bertz CT molecular complexity index is 485. The van der Waals surface area contributed by atoms with Crippen molar-refractivity contribution in [2.75, 3.05) is 6.54 Å². The Morgan fingerprint density at radius 2 is 2.12 bits per heavy atom. The van der Waals surface area contributed by atoms with Gasteiger partial charge >= 0.3 is 0 Å². The van der Waals surface area contributed by atoms with Crippen LogP contribution in [0, 0.1) is 6.92 Å². The van der Waals surface area contributed by atoms with Gasteiger partial charge in [-0.1, -0.05) is 6.92 Å². The van der Waals surface area contributed by atoms with Crippen LogP contribution in [-0.2, 0) is 0 Å². The largest absolute Gasteiger partial charge is 0.306 e. The third kappa shape index (κ3) is 3.20. The van der Waals surface area contributed by atoms with E-state index in [2.05, 4.69) is 68.5 Å². The van der Waals surface area contributed by atoms with Gasteiger partial charge in [0.15, 0.2) is 0 Å². The zero-order valence-corrected chi connectivity index (χ0v) is 14.4. The lowest BCUT2D eigenvalue weighted by Crippen LogP contribution is -2.20. The molecule has 0 aliphatic carbocycles. The molecule has 0 aromatic carbocycles. The predicted molar refractivity (Wildman–Crippen MR) is 84.3 cm³/mol. The van der Waals surface area contributed by atoms with E-state index in [1.165, 1.54) is 23.6 Å². The summed E-state index contributed by atoms with van der Waals surface area (Å²) in [6, 6.07) is 4.76. The van der Waals surface area contributed by atoms with Gasteiger partial charge in [-0.05, 0) is 74.0 Å². The van der Waals surface area contributed by atoms with Gasteiger partial charge in [-0.2, -0.15) is 0 Å². The number of halogens is 2. The van der Waals surface area contributed by atoms with Gasteiger partial charge in [0.25, 0.3) is 0 Å². The highest BCUT2D eigenvalue weighted by atomic mass is 79.9. The van der Waals surface area contributed by atoms with E-state index in [0.717, 1.165) is 6.54 Å². The molecule has 0 radical (unpaired) electrons. The topological polar surface area (TPSA) is 12.0 Å². The summed E-state index contributed by atoms with van der Waals surface area (Å²) in [5.74, 6) is 0. The summed E-state index contributed by atoms with van der Waals surface area (Å²) in [5, 5.41) is 5.75. The smallest absolute Gasteiger partial charge is 0.0731 e. The van der Waals surface area contributed by atoms with E-state index in [1.54, 1.807) is 11.3 Å². The van der Waals surface area contributed by atoms with Crippen molar-refractivity contribution >= 4 is 54.5 Å². The lowest BCUT2D eigenvalue weighted by Gasteiger charge is -2.14. The molecule has 0 aliphatic heterocycles. The zero-order valence-electron chi connectivity index (χ0n) is 9.59. The number of nitrogens with one attached hydrogen (secondary N) is 1. The maximum Gasteiger partial charge on any atom is 0.0731 e. The minimum atomic E-state index is 0.303. The standard InChI is InChI=1S/C12H13Br2NS2/c1-3-15-11(8-5-10(13)16-6-8)9-4-7(2)12(14)17-9/h4-6,11,15H,3H2,1-2H3. The van der Waals surface area contributed by atoms with Crippen LogP contribution in [0.4, 0.5) is 0 Å². The van der Waals surface area contributed by atoms with Crippen molar-refractivity contribution in [3.8, 4) is 0 Å². The van der Waals surface area contributed by atoms with Gasteiger partial charge in [0.1, 0.15) is 0 Å². The van der Waals surface area contributed by atoms with Crippen LogP contribution in [0.15, 0.2) is 25.1 Å². The van der Waals surface area contributed by atoms with Gasteiger partial charge < -0.3 is 5.32 Å². The second-order valence-electron chi connectivity index (χ2n) is 3.78. The normalized spacial score (nSPS) is 12.9. The Hall–Kier alpha value is 0.320. The van der Waals surface area contributed by atoms with Crippen LogP contribution in [-0.4, -0.2) is 6.54 Å². The van der Waals surface area contributed by atoms with Crippen molar-refractivity contribution in [2.45, 2.75) is 19.9 Å². The summed E-state index contributed by atoms with van der Waals surface area (Å²) in [6.07, 6.45) is 0. The van der Waals surface area contributed by atoms with E-state index >= 15 is 0 Å². The SMILES string of the molecule is CCNC(c1csc(Br)c1)c1cc(C)c(Br)s1. The van der Waals surface area contributed by atoms with E-state index < -0.39 is 0 Å². The van der Waals surface area contributed by atoms with Gasteiger partial charge in [-0.25, -0.2) is 0 Å². The monoisotopic (exact) mass is 393 g/mol. The Labute approximate surface area is 127 Å². The van der Waals surface area contributed by atoms with Crippen LogP contribution in [0.1, 0.15) is 29.0 Å². The average Bonchev–Trinajstić information content (AvgIpc) is 2.83. The fourth-order valence-electron chi connectivity index (χ4n) is 1.69. The molecule has 0 fully saturated rings. The molecule has 0 aliphatic rings. The van der Waals surface area contributed by atoms with Gasteiger partial charge in [-0.15, -0.1) is 22.7 Å². The average molecular weight is 395 g/mol. The molecule has 1 N–H and O–H groups in total. The first-order chi connectivity index (χ1) is 8.11. The van der Waals surface area contributed by atoms with Crippen molar-refractivity contribution < 1.29 is 0 Å². The van der Waals surface area contributed by atoms with Crippen LogP contribution in [0.3, 0.4) is 0 Å². The van der Waals surface area contributed by atoms with Gasteiger partial charge in [0, 0.05) is 4.88 Å². The molecule has 17 heavy (non-hydrogen) atoms. The predicted octanol–water partition coefficient (Wildman–Crippen LogP) is 5.34. The van der Waals surface area contributed by atoms with E-state index in [0.29, 0.717) is 6.04 Å². The van der Waals surface area contributed by atoms with Crippen LogP contribution in [0.5, 0.6) is 0 Å². The highest BCUT2D eigenvalue weighted by Crippen LogP contribution is 2.36. The first-order valence-corrected chi connectivity index (χ1v) is 8.63. The highest BCUT2D eigenvalue weighted by molar-refractivity contribution is 9.11. The van der Waals surface area contributed by atoms with Crippen molar-refractivity contribution in [1.82, 2.24) is 5.32 Å². The van der Waals surface area contributed by atoms with E-state index in [4.69, 9.17) is 0 Å². The molecular weight excluding hydrogens is 382 g/mol. The highest BCUT2D eigenvalue weighted by Gasteiger charge is 2.17. The summed E-state index contributed by atoms with van der Waals surface area (Å²) in [4.78, 5) is 1.36. The van der Waals surface area contributed by atoms with Gasteiger partial charge in [0.05, 0.1) is 13.6 Å². The minimum absolute atomic E-state index is 0.303. The van der Waals surface area contributed by atoms with Crippen LogP contribution in [0.25, 0.3) is 0 Å². The molecule has 92 valence electrons. The van der Waals surface area contributed by atoms with Crippen molar-refractivity contribution in [2.24, 2.45) is 0 Å². The molecule has 2 rings (SSSR count). The number of aryl methyl sites for hydroxylation is 1. The number of hydrogen-bond donors (Lipinski definition) is 1. The third-order valence-corrected chi connectivity index (χ3v) is 6.21. The summed E-state index contributed by atoms with van der Waals surface area (Å²) in [7, 11) is 0. The molecule has 0 saturated heterocycles.